The lowest BCUT2D eigenvalue weighted by Gasteiger charge is -2.13. The number of aromatic nitrogens is 2. The van der Waals surface area contributed by atoms with E-state index < -0.39 is 0 Å². The van der Waals surface area contributed by atoms with E-state index in [-0.39, 0.29) is 5.88 Å². The fourth-order valence-corrected chi connectivity index (χ4v) is 2.74. The van der Waals surface area contributed by atoms with E-state index >= 15 is 0 Å². The Kier molecular flexibility index (Phi) is 4.58. The number of hydrogen-bond acceptors (Lipinski definition) is 4. The van der Waals surface area contributed by atoms with Gasteiger partial charge < -0.3 is 4.74 Å². The summed E-state index contributed by atoms with van der Waals surface area (Å²) in [6, 6.07) is 13.4. The van der Waals surface area contributed by atoms with Crippen molar-refractivity contribution in [2.24, 2.45) is 0 Å². The molecule has 5 heteroatoms. The maximum atomic E-state index is 11.6. The summed E-state index contributed by atoms with van der Waals surface area (Å²) < 4.78 is 5.34. The molecule has 0 unspecified atom stereocenters. The van der Waals surface area contributed by atoms with E-state index in [1.807, 2.05) is 49.4 Å². The van der Waals surface area contributed by atoms with Gasteiger partial charge in [-0.1, -0.05) is 41.9 Å². The van der Waals surface area contributed by atoms with Crippen LogP contribution in [0.3, 0.4) is 0 Å². The first-order valence-electron chi connectivity index (χ1n) is 7.36. The minimum Gasteiger partial charge on any atom is -0.480 e. The van der Waals surface area contributed by atoms with Crippen LogP contribution in [0.15, 0.2) is 48.7 Å². The van der Waals surface area contributed by atoms with Gasteiger partial charge in [-0.15, -0.1) is 0 Å². The van der Waals surface area contributed by atoms with Crippen molar-refractivity contribution >= 4 is 17.9 Å². The lowest BCUT2D eigenvalue weighted by molar-refractivity contribution is 0.112. The van der Waals surface area contributed by atoms with Gasteiger partial charge in [-0.2, -0.15) is 0 Å². The zero-order valence-electron chi connectivity index (χ0n) is 13.3. The van der Waals surface area contributed by atoms with Crippen LogP contribution in [0.5, 0.6) is 5.88 Å². The SMILES string of the molecule is COc1nc(-c2ccnc(Cl)c2C)cc(-c2ccccc2)c1C=O. The van der Waals surface area contributed by atoms with Crippen LogP contribution in [0.4, 0.5) is 0 Å². The Bertz CT molecular complexity index is 895. The maximum Gasteiger partial charge on any atom is 0.225 e. The van der Waals surface area contributed by atoms with E-state index in [9.17, 15) is 4.79 Å². The summed E-state index contributed by atoms with van der Waals surface area (Å²) in [5.41, 5.74) is 4.46. The summed E-state index contributed by atoms with van der Waals surface area (Å²) in [4.78, 5) is 20.2. The van der Waals surface area contributed by atoms with E-state index in [4.69, 9.17) is 16.3 Å². The van der Waals surface area contributed by atoms with Crippen LogP contribution in [0.2, 0.25) is 5.15 Å². The molecule has 3 aromatic rings. The number of hydrogen-bond donors (Lipinski definition) is 0. The van der Waals surface area contributed by atoms with Crippen molar-refractivity contribution in [3.8, 4) is 28.3 Å². The molecule has 0 fully saturated rings. The van der Waals surface area contributed by atoms with Crippen LogP contribution >= 0.6 is 11.6 Å². The van der Waals surface area contributed by atoms with Crippen LogP contribution in [-0.4, -0.2) is 23.4 Å². The van der Waals surface area contributed by atoms with Gasteiger partial charge in [0.1, 0.15) is 5.15 Å². The van der Waals surface area contributed by atoms with Crippen molar-refractivity contribution in [2.75, 3.05) is 7.11 Å². The number of ether oxygens (including phenoxy) is 1. The lowest BCUT2D eigenvalue weighted by atomic mass is 9.98. The van der Waals surface area contributed by atoms with E-state index in [1.165, 1.54) is 7.11 Å². The second kappa shape index (κ2) is 6.81. The minimum absolute atomic E-state index is 0.286. The highest BCUT2D eigenvalue weighted by molar-refractivity contribution is 6.30. The monoisotopic (exact) mass is 338 g/mol. The van der Waals surface area contributed by atoms with Crippen molar-refractivity contribution in [1.82, 2.24) is 9.97 Å². The molecule has 0 aliphatic carbocycles. The molecule has 0 bridgehead atoms. The van der Waals surface area contributed by atoms with Gasteiger partial charge in [0.25, 0.3) is 0 Å². The second-order valence-corrected chi connectivity index (χ2v) is 5.59. The zero-order valence-corrected chi connectivity index (χ0v) is 14.0. The topological polar surface area (TPSA) is 52.1 Å². The Morgan fingerprint density at radius 3 is 2.54 bits per heavy atom. The average molecular weight is 339 g/mol. The molecule has 1 aromatic carbocycles. The highest BCUT2D eigenvalue weighted by Crippen LogP contribution is 2.34. The molecular formula is C19H15ClN2O2. The van der Waals surface area contributed by atoms with E-state index in [0.29, 0.717) is 16.4 Å². The summed E-state index contributed by atoms with van der Waals surface area (Å²) >= 11 is 6.13. The molecule has 120 valence electrons. The number of carbonyl (C=O) groups is 1. The summed E-state index contributed by atoms with van der Waals surface area (Å²) in [5.74, 6) is 0.286. The molecule has 0 saturated carbocycles. The number of nitrogens with zero attached hydrogens (tertiary/aromatic N) is 2. The van der Waals surface area contributed by atoms with Crippen molar-refractivity contribution < 1.29 is 9.53 Å². The minimum atomic E-state index is 0.286. The van der Waals surface area contributed by atoms with Gasteiger partial charge in [-0.05, 0) is 35.7 Å². The Labute approximate surface area is 145 Å². The normalized spacial score (nSPS) is 10.5. The van der Waals surface area contributed by atoms with Gasteiger partial charge in [0.2, 0.25) is 5.88 Å². The van der Waals surface area contributed by atoms with Crippen LogP contribution in [0.25, 0.3) is 22.4 Å². The van der Waals surface area contributed by atoms with Crippen LogP contribution in [0, 0.1) is 6.92 Å². The molecule has 3 rings (SSSR count). The van der Waals surface area contributed by atoms with Crippen molar-refractivity contribution in [2.45, 2.75) is 6.92 Å². The zero-order chi connectivity index (χ0) is 17.1. The lowest BCUT2D eigenvalue weighted by Crippen LogP contribution is -2.00. The molecule has 0 atom stereocenters. The van der Waals surface area contributed by atoms with Crippen molar-refractivity contribution in [1.29, 1.82) is 0 Å². The van der Waals surface area contributed by atoms with E-state index in [0.717, 1.165) is 28.5 Å². The first-order valence-corrected chi connectivity index (χ1v) is 7.74. The second-order valence-electron chi connectivity index (χ2n) is 5.24. The maximum absolute atomic E-state index is 11.6. The predicted octanol–water partition coefficient (Wildman–Crippen LogP) is 4.59. The van der Waals surface area contributed by atoms with Crippen molar-refractivity contribution in [3.05, 3.63) is 64.9 Å². The molecule has 0 N–H and O–H groups in total. The Morgan fingerprint density at radius 2 is 1.88 bits per heavy atom. The molecule has 0 aliphatic heterocycles. The van der Waals surface area contributed by atoms with Crippen molar-refractivity contribution in [3.63, 3.8) is 0 Å². The standard InChI is InChI=1S/C19H15ClN2O2/c1-12-14(8-9-21-18(12)20)17-10-15(13-6-4-3-5-7-13)16(11-23)19(22-17)24-2/h3-11H,1-2H3. The smallest absolute Gasteiger partial charge is 0.225 e. The largest absolute Gasteiger partial charge is 0.480 e. The van der Waals surface area contributed by atoms with Gasteiger partial charge in [-0.25, -0.2) is 9.97 Å². The van der Waals surface area contributed by atoms with Gasteiger partial charge >= 0.3 is 0 Å². The highest BCUT2D eigenvalue weighted by Gasteiger charge is 2.17. The van der Waals surface area contributed by atoms with Gasteiger partial charge in [0.05, 0.1) is 18.4 Å². The van der Waals surface area contributed by atoms with Gasteiger partial charge in [0.15, 0.2) is 6.29 Å². The average Bonchev–Trinajstić information content (AvgIpc) is 2.63. The fraction of sp³-hybridized carbons (Fsp3) is 0.105. The molecular weight excluding hydrogens is 324 g/mol. The molecule has 4 nitrogen and oxygen atoms in total. The third kappa shape index (κ3) is 2.88. The summed E-state index contributed by atoms with van der Waals surface area (Å²) in [6.45, 7) is 1.88. The third-order valence-corrected chi connectivity index (χ3v) is 4.22. The summed E-state index contributed by atoms with van der Waals surface area (Å²) in [6.07, 6.45) is 2.40. The summed E-state index contributed by atoms with van der Waals surface area (Å²) in [7, 11) is 1.50. The Hall–Kier alpha value is -2.72. The number of rotatable bonds is 4. The molecule has 2 heterocycles. The number of pyridine rings is 2. The first-order chi connectivity index (χ1) is 11.7. The van der Waals surface area contributed by atoms with Crippen LogP contribution in [0.1, 0.15) is 15.9 Å². The highest BCUT2D eigenvalue weighted by atomic mass is 35.5. The third-order valence-electron chi connectivity index (χ3n) is 3.84. The Morgan fingerprint density at radius 1 is 1.12 bits per heavy atom. The molecule has 0 aliphatic rings. The Balaban J connectivity index is 2.30. The number of halogens is 1. The molecule has 24 heavy (non-hydrogen) atoms. The number of benzene rings is 1. The van der Waals surface area contributed by atoms with Crippen LogP contribution < -0.4 is 4.74 Å². The van der Waals surface area contributed by atoms with Crippen LogP contribution in [-0.2, 0) is 0 Å². The number of carbonyl (C=O) groups excluding carboxylic acids is 1. The predicted molar refractivity (Wildman–Crippen MR) is 94.6 cm³/mol. The molecule has 0 radical (unpaired) electrons. The fourth-order valence-electron chi connectivity index (χ4n) is 2.58. The molecule has 0 spiro atoms. The number of aldehydes is 1. The number of methoxy groups -OCH3 is 1. The summed E-state index contributed by atoms with van der Waals surface area (Å²) in [5, 5.41) is 0.425. The molecule has 2 aromatic heterocycles. The van der Waals surface area contributed by atoms with Gasteiger partial charge in [-0.3, -0.25) is 4.79 Å². The van der Waals surface area contributed by atoms with E-state index in [2.05, 4.69) is 9.97 Å². The first kappa shape index (κ1) is 16.1. The molecule has 0 amide bonds. The van der Waals surface area contributed by atoms with E-state index in [1.54, 1.807) is 6.20 Å². The molecule has 0 saturated heterocycles. The quantitative estimate of drug-likeness (QED) is 0.515. The van der Waals surface area contributed by atoms with Gasteiger partial charge in [0, 0.05) is 11.8 Å².